The topological polar surface area (TPSA) is 101 Å². The minimum atomic E-state index is -0.404. The minimum Gasteiger partial charge on any atom is -0.497 e. The number of hydrogen-bond acceptors (Lipinski definition) is 6. The van der Waals surface area contributed by atoms with E-state index >= 15 is 0 Å². The van der Waals surface area contributed by atoms with Gasteiger partial charge in [-0.1, -0.05) is 6.42 Å². The standard InChI is InChI=1S/C21H23N5O3S2/c1-29-15-9-7-13(8-10-15)19-23-25-21(30)26(19)12-18(27)22-24-20(28)17-11-14-5-3-2-4-6-16(14)31-17/h7-11H,2-6,12H2,1H3,(H,22,27)(H,24,28)(H,25,30). The molecule has 1 aromatic carbocycles. The number of nitrogens with one attached hydrogen (secondary N) is 3. The summed E-state index contributed by atoms with van der Waals surface area (Å²) in [7, 11) is 1.59. The SMILES string of the molecule is COc1ccc(-c2n[nH]c(=S)n2CC(=O)NNC(=O)c2cc3c(s2)CCCCC3)cc1. The Kier molecular flexibility index (Phi) is 6.47. The number of carbonyl (C=O) groups is 2. The maximum Gasteiger partial charge on any atom is 0.279 e. The van der Waals surface area contributed by atoms with Gasteiger partial charge in [-0.25, -0.2) is 0 Å². The number of ether oxygens (including phenoxy) is 1. The quantitative estimate of drug-likeness (QED) is 0.310. The molecule has 2 heterocycles. The number of aryl methyl sites for hydroxylation is 2. The van der Waals surface area contributed by atoms with Crippen LogP contribution in [0.25, 0.3) is 11.4 Å². The molecule has 3 N–H and O–H groups in total. The minimum absolute atomic E-state index is 0.0854. The van der Waals surface area contributed by atoms with Crippen molar-refractivity contribution in [2.24, 2.45) is 0 Å². The highest BCUT2D eigenvalue weighted by Gasteiger charge is 2.18. The first-order valence-electron chi connectivity index (χ1n) is 10.1. The van der Waals surface area contributed by atoms with Crippen LogP contribution in [0.4, 0.5) is 0 Å². The monoisotopic (exact) mass is 457 g/mol. The fraction of sp³-hybridized carbons (Fsp3) is 0.333. The molecule has 8 nitrogen and oxygen atoms in total. The maximum atomic E-state index is 12.5. The second kappa shape index (κ2) is 9.44. The summed E-state index contributed by atoms with van der Waals surface area (Å²) < 4.78 is 7.06. The molecule has 0 radical (unpaired) electrons. The summed E-state index contributed by atoms with van der Waals surface area (Å²) in [6.45, 7) is -0.0854. The predicted molar refractivity (Wildman–Crippen MR) is 121 cm³/mol. The van der Waals surface area contributed by atoms with Crippen LogP contribution in [0.15, 0.2) is 30.3 Å². The number of carbonyl (C=O) groups excluding carboxylic acids is 2. The summed E-state index contributed by atoms with van der Waals surface area (Å²) in [6, 6.07) is 9.23. The molecule has 4 rings (SSSR count). The van der Waals surface area contributed by atoms with Gasteiger partial charge in [-0.3, -0.25) is 30.1 Å². The molecule has 162 valence electrons. The summed E-state index contributed by atoms with van der Waals surface area (Å²) in [5.41, 5.74) is 7.02. The second-order valence-corrected chi connectivity index (χ2v) is 8.81. The highest BCUT2D eigenvalue weighted by molar-refractivity contribution is 7.71. The van der Waals surface area contributed by atoms with Crippen LogP contribution in [0.2, 0.25) is 0 Å². The highest BCUT2D eigenvalue weighted by atomic mass is 32.1. The number of aromatic amines is 1. The second-order valence-electron chi connectivity index (χ2n) is 7.29. The zero-order valence-corrected chi connectivity index (χ0v) is 18.7. The lowest BCUT2D eigenvalue weighted by atomic mass is 10.1. The molecule has 1 aliphatic rings. The Hall–Kier alpha value is -2.98. The molecule has 1 aliphatic carbocycles. The average molecular weight is 458 g/mol. The van der Waals surface area contributed by atoms with Crippen LogP contribution < -0.4 is 15.6 Å². The molecular formula is C21H23N5O3S2. The Morgan fingerprint density at radius 1 is 1.19 bits per heavy atom. The number of hydrogen-bond donors (Lipinski definition) is 3. The molecule has 31 heavy (non-hydrogen) atoms. The Balaban J connectivity index is 1.40. The van der Waals surface area contributed by atoms with E-state index in [4.69, 9.17) is 17.0 Å². The van der Waals surface area contributed by atoms with Gasteiger partial charge in [0.1, 0.15) is 12.3 Å². The largest absolute Gasteiger partial charge is 0.497 e. The molecule has 0 fully saturated rings. The molecule has 0 unspecified atom stereocenters. The van der Waals surface area contributed by atoms with Gasteiger partial charge < -0.3 is 4.74 Å². The van der Waals surface area contributed by atoms with Gasteiger partial charge in [0.2, 0.25) is 0 Å². The summed E-state index contributed by atoms with van der Waals surface area (Å²) in [4.78, 5) is 26.9. The molecule has 10 heteroatoms. The van der Waals surface area contributed by atoms with Gasteiger partial charge >= 0.3 is 0 Å². The summed E-state index contributed by atoms with van der Waals surface area (Å²) >= 11 is 6.78. The van der Waals surface area contributed by atoms with Crippen molar-refractivity contribution in [2.45, 2.75) is 38.6 Å². The molecule has 0 aliphatic heterocycles. The van der Waals surface area contributed by atoms with Crippen molar-refractivity contribution in [2.75, 3.05) is 7.11 Å². The van der Waals surface area contributed by atoms with Crippen LogP contribution in [0.3, 0.4) is 0 Å². The third-order valence-corrected chi connectivity index (χ3v) is 6.74. The van der Waals surface area contributed by atoms with E-state index in [1.165, 1.54) is 28.2 Å². The van der Waals surface area contributed by atoms with E-state index in [-0.39, 0.29) is 12.5 Å². The van der Waals surface area contributed by atoms with Gasteiger partial charge in [0.15, 0.2) is 10.6 Å². The van der Waals surface area contributed by atoms with Crippen molar-refractivity contribution in [1.29, 1.82) is 0 Å². The van der Waals surface area contributed by atoms with Crippen molar-refractivity contribution in [1.82, 2.24) is 25.6 Å². The lowest BCUT2D eigenvalue weighted by Gasteiger charge is -2.09. The zero-order chi connectivity index (χ0) is 21.8. The number of hydrazine groups is 1. The van der Waals surface area contributed by atoms with Gasteiger partial charge in [-0.05, 0) is 73.8 Å². The van der Waals surface area contributed by atoms with E-state index in [2.05, 4.69) is 21.0 Å². The first kappa shape index (κ1) is 21.3. The van der Waals surface area contributed by atoms with E-state index in [0.29, 0.717) is 15.5 Å². The lowest BCUT2D eigenvalue weighted by molar-refractivity contribution is -0.122. The number of rotatable bonds is 5. The van der Waals surface area contributed by atoms with E-state index in [1.54, 1.807) is 23.8 Å². The number of thiophene rings is 1. The van der Waals surface area contributed by atoms with E-state index in [0.717, 1.165) is 37.0 Å². The van der Waals surface area contributed by atoms with Crippen LogP contribution >= 0.6 is 23.6 Å². The first-order valence-corrected chi connectivity index (χ1v) is 11.3. The number of methoxy groups -OCH3 is 1. The van der Waals surface area contributed by atoms with Gasteiger partial charge in [0, 0.05) is 10.4 Å². The van der Waals surface area contributed by atoms with Gasteiger partial charge in [0.05, 0.1) is 12.0 Å². The Bertz CT molecular complexity index is 1120. The van der Waals surface area contributed by atoms with Crippen molar-refractivity contribution in [3.63, 3.8) is 0 Å². The molecule has 0 spiro atoms. The summed E-state index contributed by atoms with van der Waals surface area (Å²) in [5, 5.41) is 6.93. The predicted octanol–water partition coefficient (Wildman–Crippen LogP) is 3.41. The number of fused-ring (bicyclic) bond motifs is 1. The smallest absolute Gasteiger partial charge is 0.279 e. The third kappa shape index (κ3) is 4.86. The van der Waals surface area contributed by atoms with Gasteiger partial charge in [0.25, 0.3) is 11.8 Å². The molecule has 2 aromatic heterocycles. The van der Waals surface area contributed by atoms with Crippen LogP contribution in [0, 0.1) is 4.77 Å². The van der Waals surface area contributed by atoms with Crippen molar-refractivity contribution < 1.29 is 14.3 Å². The molecular weight excluding hydrogens is 434 g/mol. The number of aromatic nitrogens is 3. The van der Waals surface area contributed by atoms with Crippen LogP contribution in [0.5, 0.6) is 5.75 Å². The molecule has 2 amide bonds. The van der Waals surface area contributed by atoms with Crippen molar-refractivity contribution in [3.05, 3.63) is 50.4 Å². The molecule has 0 saturated carbocycles. The van der Waals surface area contributed by atoms with Crippen LogP contribution in [0.1, 0.15) is 39.4 Å². The Morgan fingerprint density at radius 3 is 2.74 bits per heavy atom. The number of amides is 2. The van der Waals surface area contributed by atoms with Crippen molar-refractivity contribution >= 4 is 35.4 Å². The summed E-state index contributed by atoms with van der Waals surface area (Å²) in [5.74, 6) is 0.531. The fourth-order valence-corrected chi connectivity index (χ4v) is 4.92. The van der Waals surface area contributed by atoms with Gasteiger partial charge in [-0.2, -0.15) is 5.10 Å². The molecule has 0 atom stereocenters. The Labute approximate surface area is 188 Å². The normalized spacial score (nSPS) is 13.2. The van der Waals surface area contributed by atoms with E-state index in [9.17, 15) is 9.59 Å². The molecule has 0 bridgehead atoms. The zero-order valence-electron chi connectivity index (χ0n) is 17.1. The van der Waals surface area contributed by atoms with Crippen LogP contribution in [-0.2, 0) is 24.2 Å². The number of H-pyrrole nitrogens is 1. The first-order chi connectivity index (χ1) is 15.0. The fourth-order valence-electron chi connectivity index (χ4n) is 3.58. The molecule has 0 saturated heterocycles. The Morgan fingerprint density at radius 2 is 1.97 bits per heavy atom. The number of benzene rings is 1. The molecule has 3 aromatic rings. The third-order valence-electron chi connectivity index (χ3n) is 5.19. The maximum absolute atomic E-state index is 12.5. The van der Waals surface area contributed by atoms with E-state index in [1.807, 2.05) is 18.2 Å². The number of nitrogens with zero attached hydrogens (tertiary/aromatic N) is 2. The average Bonchev–Trinajstić information content (AvgIpc) is 3.28. The lowest BCUT2D eigenvalue weighted by Crippen LogP contribution is -2.43. The summed E-state index contributed by atoms with van der Waals surface area (Å²) in [6.07, 6.45) is 5.58. The highest BCUT2D eigenvalue weighted by Crippen LogP contribution is 2.28. The van der Waals surface area contributed by atoms with Gasteiger partial charge in [-0.15, -0.1) is 11.3 Å². The van der Waals surface area contributed by atoms with E-state index < -0.39 is 5.91 Å². The van der Waals surface area contributed by atoms with Crippen LogP contribution in [-0.4, -0.2) is 33.7 Å². The van der Waals surface area contributed by atoms with Crippen molar-refractivity contribution in [3.8, 4) is 17.1 Å².